The third-order valence-electron chi connectivity index (χ3n) is 3.48. The fourth-order valence-corrected chi connectivity index (χ4v) is 2.63. The van der Waals surface area contributed by atoms with Crippen LogP contribution in [0, 0.1) is 6.92 Å². The predicted molar refractivity (Wildman–Crippen MR) is 91.4 cm³/mol. The van der Waals surface area contributed by atoms with Crippen molar-refractivity contribution >= 4 is 23.1 Å². The average molecular weight is 318 g/mol. The number of thiazole rings is 1. The molecule has 118 valence electrons. The molecular weight excluding hydrogens is 296 g/mol. The summed E-state index contributed by atoms with van der Waals surface area (Å²) in [6.07, 6.45) is 0. The molecule has 22 heavy (non-hydrogen) atoms. The van der Waals surface area contributed by atoms with Gasteiger partial charge in [-0.1, -0.05) is 18.2 Å². The highest BCUT2D eigenvalue weighted by molar-refractivity contribution is 7.09. The molecule has 2 aromatic rings. The number of nitrogens with zero attached hydrogens (tertiary/aromatic N) is 2. The number of likely N-dealkylation sites (N-methyl/N-ethyl adjacent to an activating group) is 1. The van der Waals surface area contributed by atoms with Crippen LogP contribution in [0.4, 0.5) is 10.5 Å². The number of rotatable bonds is 6. The standard InChI is InChI=1S/C16H22N4OS/c1-12(20(3)15-7-5-4-6-8-15)9-17-16(21)18-10-14-11-22-13(2)19-14/h4-8,11-12H,9-10H2,1-3H3,(H2,17,18,21)/t12-/m0/s1. The number of urea groups is 1. The number of aryl methyl sites for hydroxylation is 1. The maximum atomic E-state index is 11.8. The second kappa shape index (κ2) is 7.79. The van der Waals surface area contributed by atoms with E-state index in [1.807, 2.05) is 37.6 Å². The molecular formula is C16H22N4OS. The molecule has 5 nitrogen and oxygen atoms in total. The maximum absolute atomic E-state index is 11.8. The van der Waals surface area contributed by atoms with E-state index in [1.54, 1.807) is 11.3 Å². The summed E-state index contributed by atoms with van der Waals surface area (Å²) in [5, 5.41) is 8.69. The number of para-hydroxylation sites is 1. The van der Waals surface area contributed by atoms with Crippen LogP contribution in [-0.4, -0.2) is 30.6 Å². The van der Waals surface area contributed by atoms with Gasteiger partial charge >= 0.3 is 6.03 Å². The molecule has 2 rings (SSSR count). The topological polar surface area (TPSA) is 57.3 Å². The first kappa shape index (κ1) is 16.3. The maximum Gasteiger partial charge on any atom is 0.315 e. The second-order valence-corrected chi connectivity index (χ2v) is 6.28. The molecule has 0 spiro atoms. The third-order valence-corrected chi connectivity index (χ3v) is 4.30. The smallest absolute Gasteiger partial charge is 0.315 e. The van der Waals surface area contributed by atoms with E-state index < -0.39 is 0 Å². The molecule has 0 saturated carbocycles. The Morgan fingerprint density at radius 1 is 1.32 bits per heavy atom. The number of hydrogen-bond acceptors (Lipinski definition) is 4. The quantitative estimate of drug-likeness (QED) is 0.861. The van der Waals surface area contributed by atoms with Crippen LogP contribution in [-0.2, 0) is 6.54 Å². The zero-order valence-electron chi connectivity index (χ0n) is 13.2. The summed E-state index contributed by atoms with van der Waals surface area (Å²) in [6.45, 7) is 5.07. The van der Waals surface area contributed by atoms with Gasteiger partial charge in [-0.05, 0) is 26.0 Å². The molecule has 0 unspecified atom stereocenters. The number of carbonyl (C=O) groups excluding carboxylic acids is 1. The number of nitrogens with one attached hydrogen (secondary N) is 2. The molecule has 0 aliphatic rings. The predicted octanol–water partition coefficient (Wildman–Crippen LogP) is 2.78. The van der Waals surface area contributed by atoms with Gasteiger partial charge in [-0.3, -0.25) is 0 Å². The van der Waals surface area contributed by atoms with Crippen LogP contribution in [0.5, 0.6) is 0 Å². The molecule has 2 amide bonds. The molecule has 1 heterocycles. The molecule has 0 radical (unpaired) electrons. The van der Waals surface area contributed by atoms with E-state index in [-0.39, 0.29) is 12.1 Å². The highest BCUT2D eigenvalue weighted by atomic mass is 32.1. The first-order chi connectivity index (χ1) is 10.6. The van der Waals surface area contributed by atoms with Gasteiger partial charge in [0.15, 0.2) is 0 Å². The van der Waals surface area contributed by atoms with Crippen LogP contribution >= 0.6 is 11.3 Å². The minimum atomic E-state index is -0.168. The average Bonchev–Trinajstić information content (AvgIpc) is 2.96. The zero-order chi connectivity index (χ0) is 15.9. The van der Waals surface area contributed by atoms with Gasteiger partial charge in [-0.15, -0.1) is 11.3 Å². The van der Waals surface area contributed by atoms with Crippen LogP contribution in [0.1, 0.15) is 17.6 Å². The van der Waals surface area contributed by atoms with Crippen LogP contribution < -0.4 is 15.5 Å². The Morgan fingerprint density at radius 2 is 2.05 bits per heavy atom. The molecule has 0 aliphatic carbocycles. The van der Waals surface area contributed by atoms with Crippen molar-refractivity contribution in [3.63, 3.8) is 0 Å². The van der Waals surface area contributed by atoms with E-state index in [0.717, 1.165) is 16.4 Å². The molecule has 0 fully saturated rings. The Kier molecular flexibility index (Phi) is 5.77. The molecule has 1 atom stereocenters. The number of benzene rings is 1. The molecule has 0 aliphatic heterocycles. The molecule has 6 heteroatoms. The van der Waals surface area contributed by atoms with E-state index in [2.05, 4.69) is 39.6 Å². The largest absolute Gasteiger partial charge is 0.370 e. The van der Waals surface area contributed by atoms with Crippen molar-refractivity contribution in [1.29, 1.82) is 0 Å². The minimum absolute atomic E-state index is 0.168. The summed E-state index contributed by atoms with van der Waals surface area (Å²) in [5.41, 5.74) is 2.03. The SMILES string of the molecule is Cc1nc(CNC(=O)NC[C@H](C)N(C)c2ccccc2)cs1. The Morgan fingerprint density at radius 3 is 2.68 bits per heavy atom. The second-order valence-electron chi connectivity index (χ2n) is 5.22. The summed E-state index contributed by atoms with van der Waals surface area (Å²) in [7, 11) is 2.03. The Hall–Kier alpha value is -2.08. The van der Waals surface area contributed by atoms with Crippen molar-refractivity contribution in [2.24, 2.45) is 0 Å². The number of anilines is 1. The van der Waals surface area contributed by atoms with Gasteiger partial charge in [0.05, 0.1) is 17.2 Å². The van der Waals surface area contributed by atoms with Crippen molar-refractivity contribution in [2.45, 2.75) is 26.4 Å². The lowest BCUT2D eigenvalue weighted by Gasteiger charge is -2.27. The lowest BCUT2D eigenvalue weighted by molar-refractivity contribution is 0.240. The van der Waals surface area contributed by atoms with Gasteiger partial charge in [0, 0.05) is 30.7 Å². The molecule has 0 bridgehead atoms. The number of aromatic nitrogens is 1. The highest BCUT2D eigenvalue weighted by Crippen LogP contribution is 2.13. The van der Waals surface area contributed by atoms with E-state index in [1.165, 1.54) is 0 Å². The van der Waals surface area contributed by atoms with Crippen molar-refractivity contribution in [3.05, 3.63) is 46.4 Å². The van der Waals surface area contributed by atoms with Gasteiger partial charge in [0.1, 0.15) is 0 Å². The zero-order valence-corrected chi connectivity index (χ0v) is 14.0. The third kappa shape index (κ3) is 4.73. The lowest BCUT2D eigenvalue weighted by Crippen LogP contribution is -2.43. The molecule has 2 N–H and O–H groups in total. The summed E-state index contributed by atoms with van der Waals surface area (Å²) in [4.78, 5) is 18.3. The summed E-state index contributed by atoms with van der Waals surface area (Å²) in [5.74, 6) is 0. The summed E-state index contributed by atoms with van der Waals surface area (Å²) < 4.78 is 0. The van der Waals surface area contributed by atoms with Gasteiger partial charge in [0.2, 0.25) is 0 Å². The lowest BCUT2D eigenvalue weighted by atomic mass is 10.2. The Bertz CT molecular complexity index is 599. The molecule has 1 aromatic heterocycles. The Labute approximate surface area is 135 Å². The first-order valence-corrected chi connectivity index (χ1v) is 8.15. The summed E-state index contributed by atoms with van der Waals surface area (Å²) >= 11 is 1.59. The normalized spacial score (nSPS) is 11.8. The number of hydrogen-bond donors (Lipinski definition) is 2. The van der Waals surface area contributed by atoms with E-state index in [0.29, 0.717) is 13.1 Å². The van der Waals surface area contributed by atoms with E-state index in [9.17, 15) is 4.79 Å². The fraction of sp³-hybridized carbons (Fsp3) is 0.375. The van der Waals surface area contributed by atoms with E-state index >= 15 is 0 Å². The van der Waals surface area contributed by atoms with Crippen LogP contribution in [0.2, 0.25) is 0 Å². The molecule has 0 saturated heterocycles. The van der Waals surface area contributed by atoms with Crippen LogP contribution in [0.15, 0.2) is 35.7 Å². The van der Waals surface area contributed by atoms with Crippen molar-refractivity contribution in [2.75, 3.05) is 18.5 Å². The first-order valence-electron chi connectivity index (χ1n) is 7.27. The Balaban J connectivity index is 1.73. The highest BCUT2D eigenvalue weighted by Gasteiger charge is 2.11. The monoisotopic (exact) mass is 318 g/mol. The van der Waals surface area contributed by atoms with Gasteiger partial charge < -0.3 is 15.5 Å². The van der Waals surface area contributed by atoms with Gasteiger partial charge in [-0.25, -0.2) is 9.78 Å². The summed E-state index contributed by atoms with van der Waals surface area (Å²) in [6, 6.07) is 10.2. The minimum Gasteiger partial charge on any atom is -0.370 e. The van der Waals surface area contributed by atoms with Crippen LogP contribution in [0.25, 0.3) is 0 Å². The fourth-order valence-electron chi connectivity index (χ4n) is 2.02. The van der Waals surface area contributed by atoms with Gasteiger partial charge in [-0.2, -0.15) is 0 Å². The number of carbonyl (C=O) groups is 1. The van der Waals surface area contributed by atoms with Crippen LogP contribution in [0.3, 0.4) is 0 Å². The van der Waals surface area contributed by atoms with E-state index in [4.69, 9.17) is 0 Å². The molecule has 1 aromatic carbocycles. The van der Waals surface area contributed by atoms with Crippen molar-refractivity contribution in [1.82, 2.24) is 15.6 Å². The van der Waals surface area contributed by atoms with Crippen molar-refractivity contribution in [3.8, 4) is 0 Å². The van der Waals surface area contributed by atoms with Crippen molar-refractivity contribution < 1.29 is 4.79 Å². The number of amides is 2. The van der Waals surface area contributed by atoms with Gasteiger partial charge in [0.25, 0.3) is 0 Å².